The minimum atomic E-state index is -0.550. The molecule has 0 amide bonds. The van der Waals surface area contributed by atoms with Gasteiger partial charge in [0.2, 0.25) is 12.5 Å². The number of esters is 1. The van der Waals surface area contributed by atoms with Crippen molar-refractivity contribution in [2.24, 2.45) is 0 Å². The molecule has 0 aliphatic carbocycles. The maximum atomic E-state index is 12.7. The molecule has 1 N–H and O–H groups in total. The summed E-state index contributed by atoms with van der Waals surface area (Å²) in [4.78, 5) is 13.9. The number of carbonyl (C=O) groups excluding carboxylic acids is 1. The molecule has 0 fully saturated rings. The largest absolute Gasteiger partial charge is 0.493 e. The third-order valence-corrected chi connectivity index (χ3v) is 6.20. The number of hydrogen-bond donors (Lipinski definition) is 1. The van der Waals surface area contributed by atoms with E-state index in [4.69, 9.17) is 28.4 Å². The van der Waals surface area contributed by atoms with E-state index in [1.54, 1.807) is 33.5 Å². The topological polar surface area (TPSA) is 76.9 Å². The van der Waals surface area contributed by atoms with E-state index in [2.05, 4.69) is 7.05 Å². The molecule has 0 radical (unpaired) electrons. The summed E-state index contributed by atoms with van der Waals surface area (Å²) < 4.78 is 34.2. The molecule has 8 heteroatoms. The van der Waals surface area contributed by atoms with Gasteiger partial charge in [-0.15, -0.1) is 0 Å². The van der Waals surface area contributed by atoms with E-state index in [9.17, 15) is 4.79 Å². The molecule has 0 spiro atoms. The van der Waals surface area contributed by atoms with E-state index in [1.165, 1.54) is 4.90 Å². The van der Waals surface area contributed by atoms with Crippen molar-refractivity contribution in [1.29, 1.82) is 0 Å². The highest BCUT2D eigenvalue weighted by Gasteiger charge is 2.49. The van der Waals surface area contributed by atoms with Gasteiger partial charge in [-0.3, -0.25) is 0 Å². The third-order valence-electron chi connectivity index (χ3n) is 6.20. The number of fused-ring (bicyclic) bond motifs is 3. The standard InChI is InChI=1S/C22H23NO7/c1-23-8-7-11-9-14-19(29-10-28-14)21(27-4)15(11)17(23)20-16-12(22(24)30-20)5-6-13(25-2)18(16)26-3/h5-6,9,17,20H,7-8,10H2,1-4H3/p+1/t17-,20-/m1/s1. The maximum absolute atomic E-state index is 12.7. The molecule has 5 rings (SSSR count). The van der Waals surface area contributed by atoms with Gasteiger partial charge in [0.05, 0.1) is 51.6 Å². The molecular formula is C22H24NO7+. The summed E-state index contributed by atoms with van der Waals surface area (Å²) in [5.41, 5.74) is 3.29. The monoisotopic (exact) mass is 414 g/mol. The molecular weight excluding hydrogens is 390 g/mol. The molecule has 3 aliphatic rings. The van der Waals surface area contributed by atoms with Crippen LogP contribution in [-0.4, -0.2) is 47.7 Å². The molecule has 0 saturated heterocycles. The average molecular weight is 414 g/mol. The van der Waals surface area contributed by atoms with Crippen molar-refractivity contribution in [1.82, 2.24) is 0 Å². The Morgan fingerprint density at radius 3 is 2.57 bits per heavy atom. The maximum Gasteiger partial charge on any atom is 0.339 e. The van der Waals surface area contributed by atoms with Crippen LogP contribution in [0.25, 0.3) is 0 Å². The molecule has 0 saturated carbocycles. The molecule has 3 aliphatic heterocycles. The van der Waals surface area contributed by atoms with Crippen molar-refractivity contribution in [3.05, 3.63) is 40.5 Å². The second-order valence-corrected chi connectivity index (χ2v) is 7.63. The molecule has 0 bridgehead atoms. The SMILES string of the molecule is COc1ccc2c(c1OC)[C@H]([C@H]1c3c(cc4c(c3OC)OCO4)CC[NH+]1C)OC2=O. The fraction of sp³-hybridized carbons (Fsp3) is 0.409. The minimum Gasteiger partial charge on any atom is -0.493 e. The molecule has 158 valence electrons. The molecule has 0 aromatic heterocycles. The zero-order valence-corrected chi connectivity index (χ0v) is 17.4. The summed E-state index contributed by atoms with van der Waals surface area (Å²) in [6.45, 7) is 1.03. The first kappa shape index (κ1) is 18.9. The van der Waals surface area contributed by atoms with Gasteiger partial charge in [0.25, 0.3) is 0 Å². The van der Waals surface area contributed by atoms with Crippen LogP contribution in [0.4, 0.5) is 0 Å². The minimum absolute atomic E-state index is 0.161. The second kappa shape index (κ2) is 6.98. The number of carbonyl (C=O) groups is 1. The van der Waals surface area contributed by atoms with Crippen LogP contribution in [-0.2, 0) is 11.2 Å². The van der Waals surface area contributed by atoms with Crippen LogP contribution >= 0.6 is 0 Å². The van der Waals surface area contributed by atoms with Crippen LogP contribution < -0.4 is 28.6 Å². The quantitative estimate of drug-likeness (QED) is 0.759. The van der Waals surface area contributed by atoms with Crippen molar-refractivity contribution < 1.29 is 38.1 Å². The predicted octanol–water partition coefficient (Wildman–Crippen LogP) is 1.46. The van der Waals surface area contributed by atoms with E-state index < -0.39 is 6.10 Å². The Morgan fingerprint density at radius 2 is 1.83 bits per heavy atom. The Hall–Kier alpha value is -3.13. The fourth-order valence-electron chi connectivity index (χ4n) is 4.86. The summed E-state index contributed by atoms with van der Waals surface area (Å²) >= 11 is 0. The highest BCUT2D eigenvalue weighted by molar-refractivity contribution is 5.95. The van der Waals surface area contributed by atoms with Gasteiger partial charge in [-0.2, -0.15) is 0 Å². The first-order chi connectivity index (χ1) is 14.6. The number of ether oxygens (including phenoxy) is 6. The van der Waals surface area contributed by atoms with Crippen LogP contribution in [0.15, 0.2) is 18.2 Å². The number of likely N-dealkylation sites (N-methyl/N-ethyl adjacent to an activating group) is 1. The van der Waals surface area contributed by atoms with E-state index >= 15 is 0 Å². The Balaban J connectivity index is 1.72. The number of quaternary nitrogens is 1. The zero-order valence-electron chi connectivity index (χ0n) is 17.4. The van der Waals surface area contributed by atoms with E-state index in [1.807, 2.05) is 6.07 Å². The van der Waals surface area contributed by atoms with Crippen molar-refractivity contribution in [2.75, 3.05) is 41.7 Å². The highest BCUT2D eigenvalue weighted by Crippen LogP contribution is 2.53. The lowest BCUT2D eigenvalue weighted by Gasteiger charge is -2.35. The number of hydrogen-bond acceptors (Lipinski definition) is 7. The summed E-state index contributed by atoms with van der Waals surface area (Å²) in [6, 6.07) is 5.27. The summed E-state index contributed by atoms with van der Waals surface area (Å²) in [7, 11) is 6.86. The Bertz CT molecular complexity index is 1030. The van der Waals surface area contributed by atoms with Gasteiger partial charge in [-0.25, -0.2) is 4.79 Å². The van der Waals surface area contributed by atoms with Crippen LogP contribution in [0, 0.1) is 0 Å². The van der Waals surface area contributed by atoms with E-state index in [0.717, 1.165) is 24.1 Å². The second-order valence-electron chi connectivity index (χ2n) is 7.63. The number of cyclic esters (lactones) is 1. The Kier molecular flexibility index (Phi) is 4.39. The first-order valence-corrected chi connectivity index (χ1v) is 9.86. The lowest BCUT2D eigenvalue weighted by Crippen LogP contribution is -3.11. The van der Waals surface area contributed by atoms with Crippen LogP contribution in [0.3, 0.4) is 0 Å². The normalized spacial score (nSPS) is 23.5. The molecule has 3 atom stereocenters. The molecule has 2 aromatic carbocycles. The molecule has 1 unspecified atom stereocenters. The lowest BCUT2D eigenvalue weighted by atomic mass is 9.85. The van der Waals surface area contributed by atoms with E-state index in [-0.39, 0.29) is 18.8 Å². The number of rotatable bonds is 4. The molecule has 3 heterocycles. The number of methoxy groups -OCH3 is 3. The van der Waals surface area contributed by atoms with Crippen molar-refractivity contribution in [3.8, 4) is 28.7 Å². The van der Waals surface area contributed by atoms with Gasteiger partial charge in [0.15, 0.2) is 35.1 Å². The predicted molar refractivity (Wildman–Crippen MR) is 105 cm³/mol. The molecule has 30 heavy (non-hydrogen) atoms. The van der Waals surface area contributed by atoms with Crippen LogP contribution in [0.5, 0.6) is 28.7 Å². The van der Waals surface area contributed by atoms with Gasteiger partial charge in [0.1, 0.15) is 0 Å². The van der Waals surface area contributed by atoms with Crippen molar-refractivity contribution >= 4 is 5.97 Å². The summed E-state index contributed by atoms with van der Waals surface area (Å²) in [5, 5.41) is 0. The average Bonchev–Trinajstić information content (AvgIpc) is 3.35. The lowest BCUT2D eigenvalue weighted by molar-refractivity contribution is -0.919. The van der Waals surface area contributed by atoms with Gasteiger partial charge >= 0.3 is 5.97 Å². The Labute approximate surface area is 174 Å². The summed E-state index contributed by atoms with van der Waals surface area (Å²) in [6.07, 6.45) is 0.304. The summed E-state index contributed by atoms with van der Waals surface area (Å²) in [5.74, 6) is 2.63. The van der Waals surface area contributed by atoms with Crippen LogP contribution in [0.2, 0.25) is 0 Å². The number of benzene rings is 2. The van der Waals surface area contributed by atoms with Gasteiger partial charge in [0, 0.05) is 6.42 Å². The van der Waals surface area contributed by atoms with Gasteiger partial charge < -0.3 is 33.3 Å². The smallest absolute Gasteiger partial charge is 0.339 e. The third kappa shape index (κ3) is 2.53. The zero-order chi connectivity index (χ0) is 21.0. The van der Waals surface area contributed by atoms with Crippen molar-refractivity contribution in [3.63, 3.8) is 0 Å². The molecule has 8 nitrogen and oxygen atoms in total. The van der Waals surface area contributed by atoms with Gasteiger partial charge in [-0.1, -0.05) is 0 Å². The van der Waals surface area contributed by atoms with Crippen molar-refractivity contribution in [2.45, 2.75) is 18.6 Å². The molecule has 2 aromatic rings. The number of nitrogens with one attached hydrogen (secondary N) is 1. The van der Waals surface area contributed by atoms with Gasteiger partial charge in [-0.05, 0) is 23.8 Å². The van der Waals surface area contributed by atoms with Crippen LogP contribution in [0.1, 0.15) is 39.2 Å². The Morgan fingerprint density at radius 1 is 1.03 bits per heavy atom. The van der Waals surface area contributed by atoms with E-state index in [0.29, 0.717) is 39.9 Å². The highest BCUT2D eigenvalue weighted by atomic mass is 16.7. The fourth-order valence-corrected chi connectivity index (χ4v) is 4.86. The first-order valence-electron chi connectivity index (χ1n) is 9.86.